The molecule has 0 aliphatic heterocycles. The summed E-state index contributed by atoms with van der Waals surface area (Å²) in [7, 11) is 1.91. The van der Waals surface area contributed by atoms with Gasteiger partial charge >= 0.3 is 10.7 Å². The summed E-state index contributed by atoms with van der Waals surface area (Å²) < 4.78 is 6.84. The second-order valence-electron chi connectivity index (χ2n) is 6.74. The summed E-state index contributed by atoms with van der Waals surface area (Å²) in [4.78, 5) is 13.2. The van der Waals surface area contributed by atoms with Crippen molar-refractivity contribution in [3.8, 4) is 16.9 Å². The monoisotopic (exact) mass is 548 g/mol. The van der Waals surface area contributed by atoms with Gasteiger partial charge in [-0.05, 0) is 50.2 Å². The molecule has 0 bridgehead atoms. The second kappa shape index (κ2) is 9.32. The molecule has 0 aliphatic carbocycles. The van der Waals surface area contributed by atoms with Crippen molar-refractivity contribution in [1.29, 1.82) is 0 Å². The van der Waals surface area contributed by atoms with Crippen LogP contribution in [-0.2, 0) is 13.6 Å². The lowest BCUT2D eigenvalue weighted by molar-refractivity contribution is -0.664. The van der Waals surface area contributed by atoms with E-state index in [2.05, 4.69) is 50.3 Å². The van der Waals surface area contributed by atoms with E-state index in [1.807, 2.05) is 61.1 Å². The van der Waals surface area contributed by atoms with Crippen LogP contribution in [0.4, 0.5) is 10.8 Å². The number of aromatic nitrogens is 3. The molecule has 8 heteroatoms. The summed E-state index contributed by atoms with van der Waals surface area (Å²) in [6.45, 7) is 4.87. The third-order valence-corrected chi connectivity index (χ3v) is 6.48. The predicted octanol–water partition coefficient (Wildman–Crippen LogP) is 2.03. The minimum atomic E-state index is -0.0579. The van der Waals surface area contributed by atoms with Gasteiger partial charge in [0.25, 0.3) is 0 Å². The number of para-hydroxylation sites is 1. The molecule has 0 spiro atoms. The average Bonchev–Trinajstić information content (AvgIpc) is 3.23. The van der Waals surface area contributed by atoms with E-state index in [1.54, 1.807) is 16.0 Å². The molecule has 0 atom stereocenters. The van der Waals surface area contributed by atoms with Crippen molar-refractivity contribution >= 4 is 38.1 Å². The fourth-order valence-corrected chi connectivity index (χ4v) is 4.69. The van der Waals surface area contributed by atoms with Crippen LogP contribution in [-0.4, -0.2) is 9.36 Å². The average molecular weight is 550 g/mol. The summed E-state index contributed by atoms with van der Waals surface area (Å²) in [5, 5.41) is 6.48. The van der Waals surface area contributed by atoms with Crippen LogP contribution < -0.4 is 32.4 Å². The highest BCUT2D eigenvalue weighted by molar-refractivity contribution is 9.10. The van der Waals surface area contributed by atoms with Crippen molar-refractivity contribution < 1.29 is 21.5 Å². The standard InChI is InChI=1S/C22H21BrN4OS.BrH/c1-4-26-19(16-10-12-17(23)13-11-16)14-29-22(26)24-20-15(2)25(3)27(21(20)28)18-8-6-5-7-9-18;/h5-14H,4H2,1-3H3;1H. The van der Waals surface area contributed by atoms with E-state index >= 15 is 0 Å². The smallest absolute Gasteiger partial charge is 0.339 e. The molecule has 0 saturated heterocycles. The Labute approximate surface area is 198 Å². The lowest BCUT2D eigenvalue weighted by Crippen LogP contribution is -3.00. The minimum absolute atomic E-state index is 0. The number of nitrogens with one attached hydrogen (secondary N) is 1. The highest BCUT2D eigenvalue weighted by atomic mass is 79.9. The van der Waals surface area contributed by atoms with Gasteiger partial charge in [0.2, 0.25) is 5.69 Å². The fourth-order valence-electron chi connectivity index (χ4n) is 3.42. The zero-order valence-corrected chi connectivity index (χ0v) is 20.9. The number of nitrogens with zero attached hydrogens (tertiary/aromatic N) is 3. The van der Waals surface area contributed by atoms with E-state index in [4.69, 9.17) is 0 Å². The summed E-state index contributed by atoms with van der Waals surface area (Å²) in [5.74, 6) is 0. The van der Waals surface area contributed by atoms with Crippen LogP contribution in [0.3, 0.4) is 0 Å². The highest BCUT2D eigenvalue weighted by Gasteiger charge is 2.24. The number of benzene rings is 2. The SMILES string of the molecule is CC[n+]1c(-c2ccc(Br)cc2)csc1Nc1c(C)n(C)n(-c2ccccc2)c1=O.[Br-]. The van der Waals surface area contributed by atoms with Gasteiger partial charge in [0.1, 0.15) is 5.69 Å². The normalized spacial score (nSPS) is 10.7. The Balaban J connectivity index is 0.00000256. The number of halogens is 2. The number of rotatable bonds is 5. The molecular weight excluding hydrogens is 528 g/mol. The van der Waals surface area contributed by atoms with E-state index in [-0.39, 0.29) is 22.5 Å². The number of anilines is 2. The maximum Gasteiger partial charge on any atom is 0.339 e. The molecule has 4 aromatic rings. The Bertz CT molecular complexity index is 1210. The van der Waals surface area contributed by atoms with Crippen LogP contribution >= 0.6 is 27.3 Å². The van der Waals surface area contributed by atoms with Crippen molar-refractivity contribution in [1.82, 2.24) is 9.36 Å². The topological polar surface area (TPSA) is 42.8 Å². The van der Waals surface area contributed by atoms with Crippen molar-refractivity contribution in [2.45, 2.75) is 20.4 Å². The zero-order valence-electron chi connectivity index (χ0n) is 16.9. The van der Waals surface area contributed by atoms with Gasteiger partial charge in [-0.2, -0.15) is 0 Å². The van der Waals surface area contributed by atoms with E-state index in [0.717, 1.165) is 38.8 Å². The first-order chi connectivity index (χ1) is 14.0. The third-order valence-electron chi connectivity index (χ3n) is 5.06. The molecule has 156 valence electrons. The van der Waals surface area contributed by atoms with Gasteiger partial charge in [-0.15, -0.1) is 0 Å². The van der Waals surface area contributed by atoms with Gasteiger partial charge in [0, 0.05) is 22.5 Å². The number of thiazole rings is 1. The molecule has 0 fully saturated rings. The van der Waals surface area contributed by atoms with E-state index in [0.29, 0.717) is 5.69 Å². The molecule has 5 nitrogen and oxygen atoms in total. The van der Waals surface area contributed by atoms with Gasteiger partial charge < -0.3 is 17.0 Å². The first kappa shape index (κ1) is 22.5. The van der Waals surface area contributed by atoms with Crippen LogP contribution in [0.5, 0.6) is 0 Å². The van der Waals surface area contributed by atoms with Gasteiger partial charge in [0.05, 0.1) is 17.9 Å². The molecular formula is C22H22Br2N4OS. The Hall–Kier alpha value is -2.16. The largest absolute Gasteiger partial charge is 1.00 e. The molecule has 0 amide bonds. The number of hydrogen-bond donors (Lipinski definition) is 1. The molecule has 0 saturated carbocycles. The molecule has 2 aromatic heterocycles. The molecule has 4 rings (SSSR count). The van der Waals surface area contributed by atoms with Gasteiger partial charge in [-0.3, -0.25) is 9.48 Å². The molecule has 2 heterocycles. The summed E-state index contributed by atoms with van der Waals surface area (Å²) in [5.41, 5.74) is 4.55. The van der Waals surface area contributed by atoms with Crippen LogP contribution in [0.15, 0.2) is 69.2 Å². The zero-order chi connectivity index (χ0) is 20.5. The van der Waals surface area contributed by atoms with Gasteiger partial charge in [0.15, 0.2) is 0 Å². The quantitative estimate of drug-likeness (QED) is 0.387. The molecule has 0 aliphatic rings. The Morgan fingerprint density at radius 3 is 2.40 bits per heavy atom. The summed E-state index contributed by atoms with van der Waals surface area (Å²) in [6, 6.07) is 18.0. The van der Waals surface area contributed by atoms with Crippen LogP contribution in [0.1, 0.15) is 12.6 Å². The van der Waals surface area contributed by atoms with Gasteiger partial charge in [-0.1, -0.05) is 45.5 Å². The Morgan fingerprint density at radius 1 is 1.10 bits per heavy atom. The van der Waals surface area contributed by atoms with Crippen LogP contribution in [0, 0.1) is 6.92 Å². The van der Waals surface area contributed by atoms with E-state index in [1.165, 1.54) is 0 Å². The lowest BCUT2D eigenvalue weighted by Gasteiger charge is -2.06. The fraction of sp³-hybridized carbons (Fsp3) is 0.182. The minimum Gasteiger partial charge on any atom is -1.00 e. The third kappa shape index (κ3) is 4.04. The summed E-state index contributed by atoms with van der Waals surface area (Å²) in [6.07, 6.45) is 0. The van der Waals surface area contributed by atoms with Crippen molar-refractivity contribution in [3.05, 3.63) is 80.5 Å². The van der Waals surface area contributed by atoms with Crippen molar-refractivity contribution in [2.24, 2.45) is 7.05 Å². The lowest BCUT2D eigenvalue weighted by atomic mass is 10.2. The van der Waals surface area contributed by atoms with Crippen molar-refractivity contribution in [2.75, 3.05) is 5.32 Å². The van der Waals surface area contributed by atoms with Crippen LogP contribution in [0.2, 0.25) is 0 Å². The molecule has 0 unspecified atom stereocenters. The van der Waals surface area contributed by atoms with E-state index < -0.39 is 0 Å². The molecule has 1 N–H and O–H groups in total. The van der Waals surface area contributed by atoms with Crippen molar-refractivity contribution in [3.63, 3.8) is 0 Å². The summed E-state index contributed by atoms with van der Waals surface area (Å²) >= 11 is 5.10. The molecule has 0 radical (unpaired) electrons. The van der Waals surface area contributed by atoms with Crippen LogP contribution in [0.25, 0.3) is 16.9 Å². The first-order valence-electron chi connectivity index (χ1n) is 9.39. The predicted molar refractivity (Wildman–Crippen MR) is 122 cm³/mol. The maximum atomic E-state index is 13.2. The molecule has 30 heavy (non-hydrogen) atoms. The first-order valence-corrected chi connectivity index (χ1v) is 11.1. The Kier molecular flexibility index (Phi) is 7.00. The van der Waals surface area contributed by atoms with E-state index in [9.17, 15) is 4.79 Å². The van der Waals surface area contributed by atoms with Gasteiger partial charge in [-0.25, -0.2) is 14.6 Å². The Morgan fingerprint density at radius 2 is 1.77 bits per heavy atom. The number of hydrogen-bond acceptors (Lipinski definition) is 3. The highest BCUT2D eigenvalue weighted by Crippen LogP contribution is 2.27. The molecule has 2 aromatic carbocycles. The maximum absolute atomic E-state index is 13.2. The second-order valence-corrected chi connectivity index (χ2v) is 8.51.